The second kappa shape index (κ2) is 9.61. The number of methoxy groups -OCH3 is 1. The van der Waals surface area contributed by atoms with Crippen LogP contribution in [0, 0.1) is 6.92 Å². The van der Waals surface area contributed by atoms with E-state index < -0.39 is 0 Å². The number of carbonyl (C=O) groups excluding carboxylic acids is 1. The minimum atomic E-state index is -0.363. The van der Waals surface area contributed by atoms with Crippen molar-refractivity contribution >= 4 is 29.5 Å². The molecule has 4 rings (SSSR count). The fourth-order valence-corrected chi connectivity index (χ4v) is 3.01. The van der Waals surface area contributed by atoms with Crippen molar-refractivity contribution in [2.45, 2.75) is 6.92 Å². The number of pyridine rings is 1. The first-order valence-electron chi connectivity index (χ1n) is 9.96. The van der Waals surface area contributed by atoms with Crippen molar-refractivity contribution in [1.29, 1.82) is 0 Å². The molecule has 32 heavy (non-hydrogen) atoms. The molecule has 2 heterocycles. The molecule has 7 heteroatoms. The number of rotatable bonds is 6. The van der Waals surface area contributed by atoms with Crippen LogP contribution in [0.1, 0.15) is 21.5 Å². The van der Waals surface area contributed by atoms with Gasteiger partial charge in [-0.3, -0.25) is 9.98 Å². The topological polar surface area (TPSA) is 89.4 Å². The number of hydrogen-bond acceptors (Lipinski definition) is 7. The smallest absolute Gasteiger partial charge is 0.337 e. The van der Waals surface area contributed by atoms with Crippen LogP contribution < -0.4 is 5.32 Å². The summed E-state index contributed by atoms with van der Waals surface area (Å²) in [6.45, 7) is 2.01. The van der Waals surface area contributed by atoms with Gasteiger partial charge in [0.1, 0.15) is 0 Å². The van der Waals surface area contributed by atoms with Gasteiger partial charge in [-0.1, -0.05) is 18.2 Å². The average Bonchev–Trinajstić information content (AvgIpc) is 2.85. The number of ether oxygens (including phenoxy) is 1. The van der Waals surface area contributed by atoms with E-state index >= 15 is 0 Å². The maximum absolute atomic E-state index is 11.5. The van der Waals surface area contributed by atoms with Crippen LogP contribution in [0.15, 0.2) is 84.2 Å². The lowest BCUT2D eigenvalue weighted by molar-refractivity contribution is 0.0600. The summed E-state index contributed by atoms with van der Waals surface area (Å²) in [5.41, 5.74) is 5.77. The van der Waals surface area contributed by atoms with Crippen LogP contribution in [0.5, 0.6) is 0 Å². The summed E-state index contributed by atoms with van der Waals surface area (Å²) < 4.78 is 4.72. The highest BCUT2D eigenvalue weighted by Gasteiger charge is 2.06. The molecule has 0 spiro atoms. The van der Waals surface area contributed by atoms with Crippen LogP contribution >= 0.6 is 0 Å². The third-order valence-electron chi connectivity index (χ3n) is 4.77. The molecule has 0 unspecified atom stereocenters. The van der Waals surface area contributed by atoms with Gasteiger partial charge in [-0.2, -0.15) is 0 Å². The lowest BCUT2D eigenvalue weighted by Crippen LogP contribution is -2.00. The van der Waals surface area contributed by atoms with Crippen molar-refractivity contribution < 1.29 is 9.53 Å². The Labute approximate surface area is 185 Å². The Bertz CT molecular complexity index is 1260. The Balaban J connectivity index is 1.52. The number of nitrogens with zero attached hydrogens (tertiary/aromatic N) is 4. The first-order valence-corrected chi connectivity index (χ1v) is 9.96. The van der Waals surface area contributed by atoms with Crippen LogP contribution in [0.2, 0.25) is 0 Å². The number of aryl methyl sites for hydroxylation is 1. The quantitative estimate of drug-likeness (QED) is 0.342. The summed E-state index contributed by atoms with van der Waals surface area (Å²) in [5.74, 6) is 0.131. The van der Waals surface area contributed by atoms with Gasteiger partial charge >= 0.3 is 5.97 Å². The summed E-state index contributed by atoms with van der Waals surface area (Å²) in [5, 5.41) is 3.28. The SMILES string of the molecule is COC(=O)c1ccc(C=Nc2ccc(C)c(Nc3nccc(-c4cccnc4)n3)c2)cc1. The second-order valence-electron chi connectivity index (χ2n) is 7.00. The van der Waals surface area contributed by atoms with Gasteiger partial charge in [0.15, 0.2) is 0 Å². The van der Waals surface area contributed by atoms with E-state index in [9.17, 15) is 4.79 Å². The van der Waals surface area contributed by atoms with E-state index in [2.05, 4.69) is 25.3 Å². The minimum absolute atomic E-state index is 0.363. The molecule has 0 fully saturated rings. The van der Waals surface area contributed by atoms with Crippen LogP contribution in [0.4, 0.5) is 17.3 Å². The Hall–Kier alpha value is -4.39. The Morgan fingerprint density at radius 2 is 1.91 bits per heavy atom. The molecule has 0 saturated heterocycles. The van der Waals surface area contributed by atoms with E-state index in [1.165, 1.54) is 7.11 Å². The Morgan fingerprint density at radius 3 is 2.66 bits per heavy atom. The predicted molar refractivity (Wildman–Crippen MR) is 125 cm³/mol. The largest absolute Gasteiger partial charge is 0.465 e. The van der Waals surface area contributed by atoms with Gasteiger partial charge < -0.3 is 10.1 Å². The molecule has 0 aliphatic carbocycles. The number of benzene rings is 2. The van der Waals surface area contributed by atoms with Gasteiger partial charge in [0.05, 0.1) is 24.1 Å². The molecule has 0 saturated carbocycles. The van der Waals surface area contributed by atoms with E-state index in [1.807, 2.05) is 55.5 Å². The van der Waals surface area contributed by atoms with Gasteiger partial charge in [0, 0.05) is 36.1 Å². The average molecular weight is 423 g/mol. The molecule has 0 aliphatic heterocycles. The van der Waals surface area contributed by atoms with E-state index in [4.69, 9.17) is 4.74 Å². The van der Waals surface area contributed by atoms with Crippen LogP contribution in [0.25, 0.3) is 11.3 Å². The lowest BCUT2D eigenvalue weighted by Gasteiger charge is -2.10. The molecule has 0 amide bonds. The summed E-state index contributed by atoms with van der Waals surface area (Å²) in [6, 6.07) is 18.6. The molecule has 0 aliphatic rings. The first kappa shape index (κ1) is 20.9. The maximum Gasteiger partial charge on any atom is 0.337 e. The molecule has 7 nitrogen and oxygen atoms in total. The van der Waals surface area contributed by atoms with E-state index in [1.54, 1.807) is 36.9 Å². The molecule has 0 bridgehead atoms. The number of carbonyl (C=O) groups is 1. The van der Waals surface area contributed by atoms with Crippen molar-refractivity contribution in [3.63, 3.8) is 0 Å². The zero-order chi connectivity index (χ0) is 22.3. The van der Waals surface area contributed by atoms with Gasteiger partial charge in [-0.15, -0.1) is 0 Å². The standard InChI is InChI=1S/C25H21N5O2/c1-17-5-10-21(28-15-18-6-8-19(9-7-18)24(31)32-2)14-23(17)30-25-27-13-11-22(29-25)20-4-3-12-26-16-20/h3-16H,1-2H3,(H,27,29,30). The zero-order valence-corrected chi connectivity index (χ0v) is 17.7. The summed E-state index contributed by atoms with van der Waals surface area (Å²) >= 11 is 0. The molecule has 158 valence electrons. The molecular weight excluding hydrogens is 402 g/mol. The van der Waals surface area contributed by atoms with Gasteiger partial charge in [-0.05, 0) is 60.5 Å². The molecule has 1 N–H and O–H groups in total. The Kier molecular flexibility index (Phi) is 6.27. The molecule has 0 radical (unpaired) electrons. The molecule has 2 aromatic heterocycles. The monoisotopic (exact) mass is 423 g/mol. The number of aliphatic imine (C=N–C) groups is 1. The second-order valence-corrected chi connectivity index (χ2v) is 7.00. The van der Waals surface area contributed by atoms with E-state index in [-0.39, 0.29) is 5.97 Å². The van der Waals surface area contributed by atoms with E-state index in [0.717, 1.165) is 33.8 Å². The highest BCUT2D eigenvalue weighted by atomic mass is 16.5. The number of aromatic nitrogens is 3. The fourth-order valence-electron chi connectivity index (χ4n) is 3.01. The highest BCUT2D eigenvalue weighted by molar-refractivity contribution is 5.91. The van der Waals surface area contributed by atoms with Crippen molar-refractivity contribution in [2.75, 3.05) is 12.4 Å². The van der Waals surface area contributed by atoms with Crippen molar-refractivity contribution in [3.8, 4) is 11.3 Å². The van der Waals surface area contributed by atoms with Crippen molar-refractivity contribution in [2.24, 2.45) is 4.99 Å². The van der Waals surface area contributed by atoms with E-state index in [0.29, 0.717) is 11.5 Å². The highest BCUT2D eigenvalue weighted by Crippen LogP contribution is 2.25. The summed E-state index contributed by atoms with van der Waals surface area (Å²) in [6.07, 6.45) is 6.96. The van der Waals surface area contributed by atoms with Crippen LogP contribution in [-0.2, 0) is 4.74 Å². The lowest BCUT2D eigenvalue weighted by atomic mass is 10.1. The first-order chi connectivity index (χ1) is 15.6. The molecule has 2 aromatic carbocycles. The third-order valence-corrected chi connectivity index (χ3v) is 4.77. The Morgan fingerprint density at radius 1 is 1.06 bits per heavy atom. The van der Waals surface area contributed by atoms with Gasteiger partial charge in [0.2, 0.25) is 5.95 Å². The molecule has 0 atom stereocenters. The maximum atomic E-state index is 11.5. The summed E-state index contributed by atoms with van der Waals surface area (Å²) in [7, 11) is 1.36. The zero-order valence-electron chi connectivity index (χ0n) is 17.7. The third kappa shape index (κ3) is 5.02. The normalized spacial score (nSPS) is 10.8. The number of hydrogen-bond donors (Lipinski definition) is 1. The minimum Gasteiger partial charge on any atom is -0.465 e. The van der Waals surface area contributed by atoms with Crippen molar-refractivity contribution in [3.05, 3.63) is 95.9 Å². The van der Waals surface area contributed by atoms with Crippen LogP contribution in [-0.4, -0.2) is 34.2 Å². The molecule has 4 aromatic rings. The molecular formula is C25H21N5O2. The summed E-state index contributed by atoms with van der Waals surface area (Å²) in [4.78, 5) is 29.2. The van der Waals surface area contributed by atoms with Gasteiger partial charge in [-0.25, -0.2) is 14.8 Å². The number of nitrogens with one attached hydrogen (secondary N) is 1. The van der Waals surface area contributed by atoms with Crippen molar-refractivity contribution in [1.82, 2.24) is 15.0 Å². The number of esters is 1. The van der Waals surface area contributed by atoms with Gasteiger partial charge in [0.25, 0.3) is 0 Å². The predicted octanol–water partition coefficient (Wildman–Crippen LogP) is 5.13. The number of anilines is 2. The van der Waals surface area contributed by atoms with Crippen LogP contribution in [0.3, 0.4) is 0 Å². The fraction of sp³-hybridized carbons (Fsp3) is 0.0800.